The molecule has 0 aromatic carbocycles. The van der Waals surface area contributed by atoms with Crippen LogP contribution in [0.15, 0.2) is 0 Å². The van der Waals surface area contributed by atoms with E-state index < -0.39 is 11.2 Å². The van der Waals surface area contributed by atoms with Gasteiger partial charge in [-0.15, -0.1) is 0 Å². The summed E-state index contributed by atoms with van der Waals surface area (Å²) in [6, 6.07) is 0. The number of aliphatic hydroxyl groups is 1. The van der Waals surface area contributed by atoms with Crippen molar-refractivity contribution in [2.24, 2.45) is 0 Å². The molecule has 4 heteroatoms. The summed E-state index contributed by atoms with van der Waals surface area (Å²) in [5.41, 5.74) is -1.66. The molecule has 0 fully saturated rings. The summed E-state index contributed by atoms with van der Waals surface area (Å²) < 4.78 is 5.05. The minimum atomic E-state index is -0.948. The maximum absolute atomic E-state index is 9.52. The Bertz CT molecular complexity index is 166. The normalized spacial score (nSPS) is 12.7. The van der Waals surface area contributed by atoms with E-state index in [1.54, 1.807) is 33.1 Å². The molecule has 0 saturated heterocycles. The van der Waals surface area contributed by atoms with Gasteiger partial charge in [0.1, 0.15) is 17.6 Å². The average molecular weight is 175 g/mol. The van der Waals surface area contributed by atoms with Crippen molar-refractivity contribution in [2.75, 3.05) is 0 Å². The van der Waals surface area contributed by atoms with E-state index in [0.29, 0.717) is 12.0 Å². The molecule has 3 nitrogen and oxygen atoms in total. The average Bonchev–Trinajstić information content (AvgIpc) is 1.81. The second kappa shape index (κ2) is 3.44. The van der Waals surface area contributed by atoms with Crippen LogP contribution in [0.5, 0.6) is 0 Å². The summed E-state index contributed by atoms with van der Waals surface area (Å²) in [7, 11) is 0. The van der Waals surface area contributed by atoms with Crippen molar-refractivity contribution < 1.29 is 9.29 Å². The topological polar surface area (TPSA) is 53.2 Å². The van der Waals surface area contributed by atoms with Crippen molar-refractivity contribution in [3.8, 4) is 5.40 Å². The molecule has 0 saturated carbocycles. The molecule has 1 N–H and O–H groups in total. The summed E-state index contributed by atoms with van der Waals surface area (Å²) in [6.07, 6.45) is 0. The van der Waals surface area contributed by atoms with Crippen molar-refractivity contribution in [1.82, 2.24) is 0 Å². The van der Waals surface area contributed by atoms with Gasteiger partial charge in [0.15, 0.2) is 5.40 Å². The third kappa shape index (κ3) is 3.10. The Hall–Kier alpha value is -0.240. The molecule has 0 bridgehead atoms. The first-order valence-electron chi connectivity index (χ1n) is 3.27. The lowest BCUT2D eigenvalue weighted by Gasteiger charge is -2.34. The molecule has 0 radical (unpaired) electrons. The Labute approximate surface area is 71.6 Å². The zero-order chi connectivity index (χ0) is 9.12. The van der Waals surface area contributed by atoms with E-state index in [4.69, 9.17) is 9.44 Å². The van der Waals surface area contributed by atoms with Gasteiger partial charge < -0.3 is 5.11 Å². The highest BCUT2D eigenvalue weighted by Gasteiger charge is 2.36. The SMILES string of the molecule is CC(C)(O)C(C)(C)OSC#N. The van der Waals surface area contributed by atoms with Crippen LogP contribution in [0.4, 0.5) is 0 Å². The van der Waals surface area contributed by atoms with E-state index in [9.17, 15) is 5.11 Å². The lowest BCUT2D eigenvalue weighted by molar-refractivity contribution is -0.0808. The van der Waals surface area contributed by atoms with Crippen molar-refractivity contribution in [3.05, 3.63) is 0 Å². The maximum Gasteiger partial charge on any atom is 0.163 e. The van der Waals surface area contributed by atoms with Gasteiger partial charge >= 0.3 is 0 Å². The van der Waals surface area contributed by atoms with Crippen molar-refractivity contribution in [2.45, 2.75) is 38.9 Å². The molecule has 0 atom stereocenters. The highest BCUT2D eigenvalue weighted by Crippen LogP contribution is 2.28. The van der Waals surface area contributed by atoms with Crippen molar-refractivity contribution >= 4 is 12.0 Å². The number of nitriles is 1. The summed E-state index contributed by atoms with van der Waals surface area (Å²) in [5.74, 6) is 0. The van der Waals surface area contributed by atoms with Gasteiger partial charge in [0, 0.05) is 0 Å². The fraction of sp³-hybridized carbons (Fsp3) is 0.857. The zero-order valence-corrected chi connectivity index (χ0v) is 8.03. The number of nitrogens with zero attached hydrogens (tertiary/aromatic N) is 1. The smallest absolute Gasteiger partial charge is 0.163 e. The minimum Gasteiger partial charge on any atom is -0.387 e. The molecule has 0 rings (SSSR count). The van der Waals surface area contributed by atoms with Crippen LogP contribution in [0.25, 0.3) is 0 Å². The number of hydrogen-bond acceptors (Lipinski definition) is 4. The van der Waals surface area contributed by atoms with Crippen LogP contribution in [-0.4, -0.2) is 16.3 Å². The first-order chi connectivity index (χ1) is 4.81. The largest absolute Gasteiger partial charge is 0.387 e. The fourth-order valence-corrected chi connectivity index (χ4v) is 0.674. The van der Waals surface area contributed by atoms with Crippen LogP contribution in [0, 0.1) is 10.7 Å². The molecule has 64 valence electrons. The highest BCUT2D eigenvalue weighted by atomic mass is 32.2. The van der Waals surface area contributed by atoms with Gasteiger partial charge in [0.2, 0.25) is 0 Å². The Morgan fingerprint density at radius 1 is 1.36 bits per heavy atom. The van der Waals surface area contributed by atoms with Crippen molar-refractivity contribution in [1.29, 1.82) is 5.26 Å². The molecular formula is C7H13NO2S. The zero-order valence-electron chi connectivity index (χ0n) is 7.21. The second-order valence-corrected chi connectivity index (χ2v) is 3.84. The first-order valence-corrected chi connectivity index (χ1v) is 4.01. The van der Waals surface area contributed by atoms with E-state index in [2.05, 4.69) is 0 Å². The van der Waals surface area contributed by atoms with Crippen LogP contribution in [0.1, 0.15) is 27.7 Å². The molecule has 0 heterocycles. The summed E-state index contributed by atoms with van der Waals surface area (Å²) in [5, 5.41) is 19.5. The number of hydrogen-bond donors (Lipinski definition) is 1. The Balaban J connectivity index is 4.13. The lowest BCUT2D eigenvalue weighted by atomic mass is 9.90. The molecule has 0 aromatic rings. The maximum atomic E-state index is 9.52. The van der Waals surface area contributed by atoms with Gasteiger partial charge in [0.05, 0.1) is 5.60 Å². The Kier molecular flexibility index (Phi) is 3.36. The molecule has 0 amide bonds. The van der Waals surface area contributed by atoms with Gasteiger partial charge in [-0.2, -0.15) is 5.26 Å². The molecule has 0 aliphatic heterocycles. The standard InChI is InChI=1S/C7H13NO2S/c1-6(2,9)7(3,4)10-11-5-8/h9H,1-4H3. The first kappa shape index (κ1) is 10.8. The van der Waals surface area contributed by atoms with Crippen LogP contribution < -0.4 is 0 Å². The molecule has 0 spiro atoms. The molecule has 0 unspecified atom stereocenters. The molecule has 0 aromatic heterocycles. The Morgan fingerprint density at radius 2 is 1.82 bits per heavy atom. The van der Waals surface area contributed by atoms with Crippen LogP contribution >= 0.6 is 12.0 Å². The van der Waals surface area contributed by atoms with Gasteiger partial charge in [0.25, 0.3) is 0 Å². The van der Waals surface area contributed by atoms with E-state index in [-0.39, 0.29) is 0 Å². The van der Waals surface area contributed by atoms with E-state index >= 15 is 0 Å². The van der Waals surface area contributed by atoms with Gasteiger partial charge in [-0.1, -0.05) is 0 Å². The van der Waals surface area contributed by atoms with Crippen LogP contribution in [0.3, 0.4) is 0 Å². The van der Waals surface area contributed by atoms with Gasteiger partial charge in [-0.3, -0.25) is 4.18 Å². The van der Waals surface area contributed by atoms with Gasteiger partial charge in [-0.25, -0.2) is 0 Å². The number of rotatable bonds is 3. The summed E-state index contributed by atoms with van der Waals surface area (Å²) >= 11 is 0.687. The highest BCUT2D eigenvalue weighted by molar-refractivity contribution is 7.99. The molecular weight excluding hydrogens is 162 g/mol. The van der Waals surface area contributed by atoms with Crippen molar-refractivity contribution in [3.63, 3.8) is 0 Å². The quantitative estimate of drug-likeness (QED) is 0.523. The van der Waals surface area contributed by atoms with E-state index in [1.165, 1.54) is 0 Å². The fourth-order valence-electron chi connectivity index (χ4n) is 0.225. The monoisotopic (exact) mass is 175 g/mol. The Morgan fingerprint density at radius 3 is 2.09 bits per heavy atom. The minimum absolute atomic E-state index is 0.687. The summed E-state index contributed by atoms with van der Waals surface area (Å²) in [4.78, 5) is 0. The van der Waals surface area contributed by atoms with E-state index in [0.717, 1.165) is 0 Å². The molecule has 0 aliphatic rings. The third-order valence-electron chi connectivity index (χ3n) is 1.76. The summed E-state index contributed by atoms with van der Waals surface area (Å²) in [6.45, 7) is 6.75. The lowest BCUT2D eigenvalue weighted by Crippen LogP contribution is -2.45. The predicted octanol–water partition coefficient (Wildman–Crippen LogP) is 1.68. The predicted molar refractivity (Wildman–Crippen MR) is 44.7 cm³/mol. The third-order valence-corrected chi connectivity index (χ3v) is 2.34. The number of thiocyanates is 1. The van der Waals surface area contributed by atoms with Crippen LogP contribution in [0.2, 0.25) is 0 Å². The second-order valence-electron chi connectivity index (χ2n) is 3.33. The molecule has 0 aliphatic carbocycles. The van der Waals surface area contributed by atoms with Gasteiger partial charge in [-0.05, 0) is 27.7 Å². The molecule has 11 heavy (non-hydrogen) atoms. The van der Waals surface area contributed by atoms with Crippen LogP contribution in [-0.2, 0) is 4.18 Å². The van der Waals surface area contributed by atoms with E-state index in [1.807, 2.05) is 0 Å².